The van der Waals surface area contributed by atoms with Gasteiger partial charge in [0.2, 0.25) is 0 Å². The molecule has 1 saturated carbocycles. The smallest absolute Gasteiger partial charge is 0.134 e. The van der Waals surface area contributed by atoms with Gasteiger partial charge in [-0.05, 0) is 39.8 Å². The zero-order valence-corrected chi connectivity index (χ0v) is 13.7. The summed E-state index contributed by atoms with van der Waals surface area (Å²) in [6.07, 6.45) is 5.74. The molecule has 0 amide bonds. The molecule has 1 fully saturated rings. The molecule has 0 aliphatic heterocycles. The standard InChI is InChI=1S/C15H25ClN4/c1-5-7-13-17-12(16)10-14(18-13)20(4)11-15(19(2)3)8-6-9-15/h10H,5-9,11H2,1-4H3. The van der Waals surface area contributed by atoms with Gasteiger partial charge in [0.15, 0.2) is 0 Å². The van der Waals surface area contributed by atoms with E-state index >= 15 is 0 Å². The lowest BCUT2D eigenvalue weighted by atomic mass is 9.75. The number of hydrogen-bond acceptors (Lipinski definition) is 4. The highest BCUT2D eigenvalue weighted by Crippen LogP contribution is 2.37. The Morgan fingerprint density at radius 1 is 1.25 bits per heavy atom. The van der Waals surface area contributed by atoms with E-state index in [2.05, 4.69) is 47.8 Å². The quantitative estimate of drug-likeness (QED) is 0.756. The van der Waals surface area contributed by atoms with Crippen LogP contribution in [0.25, 0.3) is 0 Å². The fraction of sp³-hybridized carbons (Fsp3) is 0.733. The summed E-state index contributed by atoms with van der Waals surface area (Å²) in [6, 6.07) is 1.86. The molecule has 0 atom stereocenters. The van der Waals surface area contributed by atoms with Crippen LogP contribution in [0.15, 0.2) is 6.07 Å². The summed E-state index contributed by atoms with van der Waals surface area (Å²) >= 11 is 6.12. The molecular formula is C15H25ClN4. The van der Waals surface area contributed by atoms with Crippen LogP contribution in [0.5, 0.6) is 0 Å². The summed E-state index contributed by atoms with van der Waals surface area (Å²) in [5.41, 5.74) is 0.289. The monoisotopic (exact) mass is 296 g/mol. The molecule has 4 nitrogen and oxygen atoms in total. The molecule has 0 spiro atoms. The van der Waals surface area contributed by atoms with Crippen LogP contribution >= 0.6 is 11.6 Å². The van der Waals surface area contributed by atoms with Gasteiger partial charge in [-0.3, -0.25) is 0 Å². The van der Waals surface area contributed by atoms with Crippen LogP contribution in [0.3, 0.4) is 0 Å². The van der Waals surface area contributed by atoms with Crippen molar-refractivity contribution in [1.29, 1.82) is 0 Å². The van der Waals surface area contributed by atoms with Crippen molar-refractivity contribution in [1.82, 2.24) is 14.9 Å². The lowest BCUT2D eigenvalue weighted by molar-refractivity contribution is 0.0681. The Labute approximate surface area is 127 Å². The van der Waals surface area contributed by atoms with Crippen molar-refractivity contribution in [2.75, 3.05) is 32.6 Å². The first kappa shape index (κ1) is 15.5. The van der Waals surface area contributed by atoms with Crippen LogP contribution in [0.4, 0.5) is 5.82 Å². The molecule has 0 unspecified atom stereocenters. The maximum Gasteiger partial charge on any atom is 0.134 e. The molecule has 5 heteroatoms. The third-order valence-corrected chi connectivity index (χ3v) is 4.55. The maximum absolute atomic E-state index is 6.12. The first-order valence-electron chi connectivity index (χ1n) is 7.39. The molecule has 0 radical (unpaired) electrons. The molecule has 0 saturated heterocycles. The first-order valence-corrected chi connectivity index (χ1v) is 7.77. The largest absolute Gasteiger partial charge is 0.358 e. The van der Waals surface area contributed by atoms with Crippen LogP contribution in [0.1, 0.15) is 38.4 Å². The highest BCUT2D eigenvalue weighted by molar-refractivity contribution is 6.29. The first-order chi connectivity index (χ1) is 9.47. The summed E-state index contributed by atoms with van der Waals surface area (Å²) in [6.45, 7) is 3.11. The molecule has 20 heavy (non-hydrogen) atoms. The molecule has 112 valence electrons. The Morgan fingerprint density at radius 2 is 1.95 bits per heavy atom. The van der Waals surface area contributed by atoms with Gasteiger partial charge in [0, 0.05) is 31.6 Å². The Bertz CT molecular complexity index is 457. The molecule has 1 aliphatic carbocycles. The zero-order chi connectivity index (χ0) is 14.8. The third-order valence-electron chi connectivity index (χ3n) is 4.36. The minimum Gasteiger partial charge on any atom is -0.358 e. The normalized spacial score (nSPS) is 17.1. The highest BCUT2D eigenvalue weighted by Gasteiger charge is 2.40. The second-order valence-electron chi connectivity index (χ2n) is 6.04. The van der Waals surface area contributed by atoms with E-state index in [0.29, 0.717) is 5.15 Å². The van der Waals surface area contributed by atoms with Gasteiger partial charge in [-0.15, -0.1) is 0 Å². The molecule has 0 bridgehead atoms. The van der Waals surface area contributed by atoms with Crippen molar-refractivity contribution in [3.8, 4) is 0 Å². The number of aromatic nitrogens is 2. The predicted octanol–water partition coefficient (Wildman–Crippen LogP) is 3.00. The Balaban J connectivity index is 2.14. The fourth-order valence-corrected chi connectivity index (χ4v) is 3.03. The van der Waals surface area contributed by atoms with E-state index in [9.17, 15) is 0 Å². The molecule has 1 aromatic rings. The molecular weight excluding hydrogens is 272 g/mol. The Kier molecular flexibility index (Phi) is 4.86. The van der Waals surface area contributed by atoms with Crippen molar-refractivity contribution < 1.29 is 0 Å². The van der Waals surface area contributed by atoms with Crippen molar-refractivity contribution in [3.05, 3.63) is 17.0 Å². The van der Waals surface area contributed by atoms with Crippen LogP contribution in [-0.4, -0.2) is 48.1 Å². The van der Waals surface area contributed by atoms with Crippen molar-refractivity contribution >= 4 is 17.4 Å². The van der Waals surface area contributed by atoms with Crippen molar-refractivity contribution in [2.45, 2.75) is 44.6 Å². The number of hydrogen-bond donors (Lipinski definition) is 0. The van der Waals surface area contributed by atoms with Crippen LogP contribution in [-0.2, 0) is 6.42 Å². The van der Waals surface area contributed by atoms with Crippen LogP contribution in [0.2, 0.25) is 5.15 Å². The third kappa shape index (κ3) is 3.23. The topological polar surface area (TPSA) is 32.3 Å². The van der Waals surface area contributed by atoms with Crippen molar-refractivity contribution in [3.63, 3.8) is 0 Å². The van der Waals surface area contributed by atoms with Gasteiger partial charge in [-0.1, -0.05) is 18.5 Å². The van der Waals surface area contributed by atoms with Gasteiger partial charge in [-0.2, -0.15) is 0 Å². The van der Waals surface area contributed by atoms with E-state index in [0.717, 1.165) is 31.0 Å². The average molecular weight is 297 g/mol. The number of anilines is 1. The molecule has 0 N–H and O–H groups in total. The Morgan fingerprint density at radius 3 is 2.45 bits per heavy atom. The summed E-state index contributed by atoms with van der Waals surface area (Å²) in [7, 11) is 6.43. The summed E-state index contributed by atoms with van der Waals surface area (Å²) in [4.78, 5) is 13.5. The zero-order valence-electron chi connectivity index (χ0n) is 13.0. The van der Waals surface area contributed by atoms with Gasteiger partial charge in [0.1, 0.15) is 16.8 Å². The number of rotatable bonds is 6. The van der Waals surface area contributed by atoms with Gasteiger partial charge in [0.25, 0.3) is 0 Å². The SMILES string of the molecule is CCCc1nc(Cl)cc(N(C)CC2(N(C)C)CCC2)n1. The number of likely N-dealkylation sites (N-methyl/N-ethyl adjacent to an activating group) is 2. The van der Waals surface area contributed by atoms with Gasteiger partial charge < -0.3 is 9.80 Å². The molecule has 1 aliphatic rings. The minimum absolute atomic E-state index is 0.289. The fourth-order valence-electron chi connectivity index (χ4n) is 2.84. The second-order valence-corrected chi connectivity index (χ2v) is 6.43. The number of halogens is 1. The second kappa shape index (κ2) is 6.27. The molecule has 2 rings (SSSR count). The van der Waals surface area contributed by atoms with Gasteiger partial charge >= 0.3 is 0 Å². The lowest BCUT2D eigenvalue weighted by Crippen LogP contribution is -2.56. The lowest BCUT2D eigenvalue weighted by Gasteiger charge is -2.49. The minimum atomic E-state index is 0.289. The average Bonchev–Trinajstić information content (AvgIpc) is 2.32. The molecule has 1 aromatic heterocycles. The maximum atomic E-state index is 6.12. The van der Waals surface area contributed by atoms with Crippen LogP contribution in [0, 0.1) is 0 Å². The van der Waals surface area contributed by atoms with Crippen LogP contribution < -0.4 is 4.90 Å². The van der Waals surface area contributed by atoms with Gasteiger partial charge in [-0.25, -0.2) is 9.97 Å². The highest BCUT2D eigenvalue weighted by atomic mass is 35.5. The van der Waals surface area contributed by atoms with E-state index < -0.39 is 0 Å². The summed E-state index contributed by atoms with van der Waals surface area (Å²) < 4.78 is 0. The summed E-state index contributed by atoms with van der Waals surface area (Å²) in [5, 5.41) is 0.540. The van der Waals surface area contributed by atoms with Gasteiger partial charge in [0.05, 0.1) is 0 Å². The van der Waals surface area contributed by atoms with E-state index in [1.807, 2.05) is 6.07 Å². The molecule has 0 aromatic carbocycles. The number of nitrogens with zero attached hydrogens (tertiary/aromatic N) is 4. The van der Waals surface area contributed by atoms with E-state index in [1.54, 1.807) is 0 Å². The number of aryl methyl sites for hydroxylation is 1. The van der Waals surface area contributed by atoms with E-state index in [1.165, 1.54) is 19.3 Å². The predicted molar refractivity (Wildman–Crippen MR) is 84.6 cm³/mol. The van der Waals surface area contributed by atoms with E-state index in [4.69, 9.17) is 11.6 Å². The molecule has 1 heterocycles. The summed E-state index contributed by atoms with van der Waals surface area (Å²) in [5.74, 6) is 1.77. The van der Waals surface area contributed by atoms with Crippen molar-refractivity contribution in [2.24, 2.45) is 0 Å². The Hall–Kier alpha value is -0.870. The van der Waals surface area contributed by atoms with E-state index in [-0.39, 0.29) is 5.54 Å².